The number of thiol groups is 1. The molecule has 17 heavy (non-hydrogen) atoms. The summed E-state index contributed by atoms with van der Waals surface area (Å²) in [6, 6.07) is 0. The Morgan fingerprint density at radius 3 is 2.76 bits per heavy atom. The first-order chi connectivity index (χ1) is 8.13. The molecule has 2 aliphatic carbocycles. The van der Waals surface area contributed by atoms with Gasteiger partial charge in [0.2, 0.25) is 5.91 Å². The molecule has 2 atom stereocenters. The van der Waals surface area contributed by atoms with E-state index in [0.29, 0.717) is 12.3 Å². The molecule has 0 radical (unpaired) electrons. The Morgan fingerprint density at radius 2 is 2.18 bits per heavy atom. The fourth-order valence-corrected chi connectivity index (χ4v) is 3.40. The van der Waals surface area contributed by atoms with Crippen LogP contribution in [0.4, 0.5) is 0 Å². The van der Waals surface area contributed by atoms with Crippen molar-refractivity contribution in [2.75, 3.05) is 12.3 Å². The van der Waals surface area contributed by atoms with E-state index in [9.17, 15) is 4.79 Å². The van der Waals surface area contributed by atoms with Crippen LogP contribution in [0.3, 0.4) is 0 Å². The van der Waals surface area contributed by atoms with Gasteiger partial charge < -0.3 is 5.32 Å². The molecule has 2 aliphatic rings. The predicted molar refractivity (Wildman–Crippen MR) is 74.3 cm³/mol. The summed E-state index contributed by atoms with van der Waals surface area (Å²) in [7, 11) is 0. The van der Waals surface area contributed by atoms with Crippen LogP contribution in [-0.4, -0.2) is 18.2 Å². The fourth-order valence-electron chi connectivity index (χ4n) is 2.97. The van der Waals surface area contributed by atoms with Gasteiger partial charge in [-0.3, -0.25) is 4.79 Å². The van der Waals surface area contributed by atoms with Crippen molar-refractivity contribution in [1.29, 1.82) is 0 Å². The summed E-state index contributed by atoms with van der Waals surface area (Å²) in [6.07, 6.45) is 8.35. The maximum absolute atomic E-state index is 11.8. The lowest BCUT2D eigenvalue weighted by Crippen LogP contribution is -2.33. The minimum Gasteiger partial charge on any atom is -0.356 e. The van der Waals surface area contributed by atoms with E-state index in [4.69, 9.17) is 0 Å². The highest BCUT2D eigenvalue weighted by molar-refractivity contribution is 7.80. The summed E-state index contributed by atoms with van der Waals surface area (Å²) in [5.74, 6) is 2.67. The third-order valence-electron chi connectivity index (χ3n) is 4.46. The molecule has 1 amide bonds. The van der Waals surface area contributed by atoms with Crippen molar-refractivity contribution in [1.82, 2.24) is 5.32 Å². The average Bonchev–Trinajstić information content (AvgIpc) is 3.07. The lowest BCUT2D eigenvalue weighted by Gasteiger charge is -2.27. The highest BCUT2D eigenvalue weighted by atomic mass is 32.1. The van der Waals surface area contributed by atoms with Crippen molar-refractivity contribution in [3.05, 3.63) is 0 Å². The smallest absolute Gasteiger partial charge is 0.220 e. The fraction of sp³-hybridized carbons (Fsp3) is 0.929. The van der Waals surface area contributed by atoms with Crippen molar-refractivity contribution in [2.24, 2.45) is 17.3 Å². The number of hydrogen-bond acceptors (Lipinski definition) is 2. The predicted octanol–water partition coefficient (Wildman–Crippen LogP) is 3.03. The van der Waals surface area contributed by atoms with Gasteiger partial charge in [0.1, 0.15) is 0 Å². The van der Waals surface area contributed by atoms with Crippen molar-refractivity contribution in [3.63, 3.8) is 0 Å². The number of nitrogens with one attached hydrogen (secondary N) is 1. The van der Waals surface area contributed by atoms with Crippen LogP contribution in [-0.2, 0) is 4.79 Å². The lowest BCUT2D eigenvalue weighted by molar-refractivity contribution is -0.122. The van der Waals surface area contributed by atoms with Gasteiger partial charge >= 0.3 is 0 Å². The van der Waals surface area contributed by atoms with Crippen molar-refractivity contribution in [3.8, 4) is 0 Å². The second-order valence-corrected chi connectivity index (χ2v) is 6.59. The molecule has 0 aromatic heterocycles. The standard InChI is InChI=1S/C14H25NOS/c1-11-3-2-4-12(7-11)9-15-13(16)8-14(10-17)5-6-14/h11-12,17H,2-10H2,1H3,(H,15,16). The number of amides is 1. The van der Waals surface area contributed by atoms with Gasteiger partial charge in [-0.15, -0.1) is 0 Å². The molecule has 0 aromatic rings. The topological polar surface area (TPSA) is 29.1 Å². The molecular weight excluding hydrogens is 230 g/mol. The maximum Gasteiger partial charge on any atom is 0.220 e. The van der Waals surface area contributed by atoms with Gasteiger partial charge in [0.25, 0.3) is 0 Å². The second kappa shape index (κ2) is 5.64. The maximum atomic E-state index is 11.8. The molecule has 2 rings (SSSR count). The Morgan fingerprint density at radius 1 is 1.41 bits per heavy atom. The van der Waals surface area contributed by atoms with E-state index in [-0.39, 0.29) is 11.3 Å². The van der Waals surface area contributed by atoms with Crippen LogP contribution in [0.2, 0.25) is 0 Å². The summed E-state index contributed by atoms with van der Waals surface area (Å²) in [5, 5.41) is 3.13. The van der Waals surface area contributed by atoms with Crippen LogP contribution in [0, 0.1) is 17.3 Å². The second-order valence-electron chi connectivity index (χ2n) is 6.28. The Balaban J connectivity index is 1.65. The van der Waals surface area contributed by atoms with Crippen LogP contribution < -0.4 is 5.32 Å². The molecule has 0 spiro atoms. The molecule has 0 saturated heterocycles. The van der Waals surface area contributed by atoms with E-state index >= 15 is 0 Å². The van der Waals surface area contributed by atoms with Gasteiger partial charge in [-0.05, 0) is 48.7 Å². The minimum absolute atomic E-state index is 0.245. The van der Waals surface area contributed by atoms with Gasteiger partial charge in [-0.1, -0.05) is 19.8 Å². The van der Waals surface area contributed by atoms with Gasteiger partial charge in [-0.25, -0.2) is 0 Å². The average molecular weight is 255 g/mol. The van der Waals surface area contributed by atoms with Gasteiger partial charge in [0.15, 0.2) is 0 Å². The summed E-state index contributed by atoms with van der Waals surface area (Å²) < 4.78 is 0. The van der Waals surface area contributed by atoms with E-state index in [2.05, 4.69) is 24.9 Å². The summed E-state index contributed by atoms with van der Waals surface area (Å²) in [6.45, 7) is 3.22. The lowest BCUT2D eigenvalue weighted by atomic mass is 9.82. The van der Waals surface area contributed by atoms with Gasteiger partial charge in [0, 0.05) is 13.0 Å². The number of hydrogen-bond donors (Lipinski definition) is 2. The highest BCUT2D eigenvalue weighted by Gasteiger charge is 2.42. The van der Waals surface area contributed by atoms with E-state index in [1.54, 1.807) is 0 Å². The summed E-state index contributed by atoms with van der Waals surface area (Å²) >= 11 is 4.34. The first-order valence-corrected chi connectivity index (χ1v) is 7.64. The number of carbonyl (C=O) groups excluding carboxylic acids is 1. The van der Waals surface area contributed by atoms with E-state index in [1.165, 1.54) is 38.5 Å². The first-order valence-electron chi connectivity index (χ1n) is 7.01. The van der Waals surface area contributed by atoms with E-state index < -0.39 is 0 Å². The van der Waals surface area contributed by atoms with Crippen molar-refractivity contribution >= 4 is 18.5 Å². The molecule has 2 unspecified atom stereocenters. The van der Waals surface area contributed by atoms with Crippen molar-refractivity contribution in [2.45, 2.75) is 51.9 Å². The molecule has 2 nitrogen and oxygen atoms in total. The van der Waals surface area contributed by atoms with Gasteiger partial charge in [0.05, 0.1) is 0 Å². The molecule has 0 aliphatic heterocycles. The van der Waals surface area contributed by atoms with E-state index in [0.717, 1.165) is 18.2 Å². The largest absolute Gasteiger partial charge is 0.356 e. The number of rotatable bonds is 5. The Bertz CT molecular complexity index is 275. The zero-order valence-corrected chi connectivity index (χ0v) is 11.8. The molecule has 0 heterocycles. The first kappa shape index (κ1) is 13.3. The molecule has 2 fully saturated rings. The molecular formula is C14H25NOS. The molecule has 0 bridgehead atoms. The quantitative estimate of drug-likeness (QED) is 0.727. The van der Waals surface area contributed by atoms with Crippen LogP contribution in [0.25, 0.3) is 0 Å². The van der Waals surface area contributed by atoms with Crippen molar-refractivity contribution < 1.29 is 4.79 Å². The Hall–Kier alpha value is -0.180. The van der Waals surface area contributed by atoms with Crippen LogP contribution in [0.5, 0.6) is 0 Å². The zero-order valence-electron chi connectivity index (χ0n) is 10.9. The molecule has 2 saturated carbocycles. The Kier molecular flexibility index (Phi) is 4.40. The molecule has 98 valence electrons. The molecule has 1 N–H and O–H groups in total. The zero-order chi connectivity index (χ0) is 12.3. The van der Waals surface area contributed by atoms with E-state index in [1.807, 2.05) is 0 Å². The molecule has 0 aromatic carbocycles. The minimum atomic E-state index is 0.245. The number of carbonyl (C=O) groups is 1. The highest BCUT2D eigenvalue weighted by Crippen LogP contribution is 2.49. The monoisotopic (exact) mass is 255 g/mol. The normalized spacial score (nSPS) is 30.9. The molecule has 3 heteroatoms. The van der Waals surface area contributed by atoms with Crippen LogP contribution >= 0.6 is 12.6 Å². The third-order valence-corrected chi connectivity index (χ3v) is 5.13. The Labute approximate surface area is 110 Å². The summed E-state index contributed by atoms with van der Waals surface area (Å²) in [4.78, 5) is 11.8. The van der Waals surface area contributed by atoms with Crippen LogP contribution in [0.1, 0.15) is 51.9 Å². The van der Waals surface area contributed by atoms with Gasteiger partial charge in [-0.2, -0.15) is 12.6 Å². The third kappa shape index (κ3) is 3.90. The SMILES string of the molecule is CC1CCCC(CNC(=O)CC2(CS)CC2)C1. The van der Waals surface area contributed by atoms with Crippen LogP contribution in [0.15, 0.2) is 0 Å². The summed E-state index contributed by atoms with van der Waals surface area (Å²) in [5.41, 5.74) is 0.257.